The summed E-state index contributed by atoms with van der Waals surface area (Å²) in [5.41, 5.74) is 3.08. The highest BCUT2D eigenvalue weighted by Crippen LogP contribution is 2.31. The first-order valence-corrected chi connectivity index (χ1v) is 6.95. The van der Waals surface area contributed by atoms with Crippen LogP contribution in [0.3, 0.4) is 0 Å². The Bertz CT molecular complexity index is 720. The van der Waals surface area contributed by atoms with Gasteiger partial charge in [0.2, 0.25) is 0 Å². The molecule has 0 amide bonds. The van der Waals surface area contributed by atoms with Crippen molar-refractivity contribution >= 4 is 5.78 Å². The lowest BCUT2D eigenvalue weighted by Gasteiger charge is -2.16. The zero-order chi connectivity index (χ0) is 15.7. The van der Waals surface area contributed by atoms with E-state index in [9.17, 15) is 18.0 Å². The van der Waals surface area contributed by atoms with E-state index in [1.54, 1.807) is 18.2 Å². The summed E-state index contributed by atoms with van der Waals surface area (Å²) in [5.74, 6) is -0.124. The van der Waals surface area contributed by atoms with Gasteiger partial charge in [0.1, 0.15) is 5.75 Å². The molecule has 2 aromatic rings. The minimum atomic E-state index is -4.71. The van der Waals surface area contributed by atoms with Gasteiger partial charge in [-0.1, -0.05) is 30.3 Å². The second-order valence-electron chi connectivity index (χ2n) is 5.22. The van der Waals surface area contributed by atoms with Crippen molar-refractivity contribution in [3.8, 4) is 16.9 Å². The van der Waals surface area contributed by atoms with Crippen molar-refractivity contribution in [1.29, 1.82) is 0 Å². The summed E-state index contributed by atoms with van der Waals surface area (Å²) >= 11 is 0. The lowest BCUT2D eigenvalue weighted by molar-refractivity contribution is -0.274. The number of alkyl halides is 3. The van der Waals surface area contributed by atoms with Crippen LogP contribution < -0.4 is 4.74 Å². The first-order valence-electron chi connectivity index (χ1n) is 6.95. The van der Waals surface area contributed by atoms with Crippen LogP contribution in [-0.4, -0.2) is 12.1 Å². The minimum absolute atomic E-state index is 0.127. The lowest BCUT2D eigenvalue weighted by Crippen LogP contribution is -2.17. The Morgan fingerprint density at radius 3 is 2.50 bits per heavy atom. The molecule has 5 heteroatoms. The Kier molecular flexibility index (Phi) is 3.64. The highest BCUT2D eigenvalue weighted by Gasteiger charge is 2.31. The number of carbonyl (C=O) groups excluding carboxylic acids is 1. The quantitative estimate of drug-likeness (QED) is 0.798. The van der Waals surface area contributed by atoms with Gasteiger partial charge in [0.25, 0.3) is 0 Å². The maximum atomic E-state index is 12.3. The molecule has 3 rings (SSSR count). The monoisotopic (exact) mass is 306 g/mol. The van der Waals surface area contributed by atoms with Crippen LogP contribution in [0, 0.1) is 0 Å². The van der Waals surface area contributed by atoms with Gasteiger partial charge in [0.15, 0.2) is 5.78 Å². The first-order chi connectivity index (χ1) is 10.4. The zero-order valence-electron chi connectivity index (χ0n) is 11.6. The second-order valence-corrected chi connectivity index (χ2v) is 5.22. The number of fused-ring (bicyclic) bond motifs is 1. The molecule has 1 aliphatic carbocycles. The Morgan fingerprint density at radius 1 is 0.955 bits per heavy atom. The molecule has 0 radical (unpaired) electrons. The highest BCUT2D eigenvalue weighted by molar-refractivity contribution is 5.99. The number of rotatable bonds is 2. The average molecular weight is 306 g/mol. The van der Waals surface area contributed by atoms with Crippen molar-refractivity contribution in [3.63, 3.8) is 0 Å². The number of halogens is 3. The molecule has 0 aromatic heterocycles. The molecule has 0 saturated heterocycles. The van der Waals surface area contributed by atoms with Crippen molar-refractivity contribution in [1.82, 2.24) is 0 Å². The van der Waals surface area contributed by atoms with E-state index in [1.165, 1.54) is 18.2 Å². The molecule has 0 fully saturated rings. The number of aryl methyl sites for hydroxylation is 1. The van der Waals surface area contributed by atoms with Crippen molar-refractivity contribution in [2.24, 2.45) is 0 Å². The Hall–Kier alpha value is -2.30. The zero-order valence-corrected chi connectivity index (χ0v) is 11.6. The van der Waals surface area contributed by atoms with Crippen LogP contribution in [0.25, 0.3) is 11.1 Å². The average Bonchev–Trinajstić information content (AvgIpc) is 2.46. The van der Waals surface area contributed by atoms with Crippen molar-refractivity contribution in [3.05, 3.63) is 53.6 Å². The van der Waals surface area contributed by atoms with Crippen molar-refractivity contribution in [2.75, 3.05) is 0 Å². The van der Waals surface area contributed by atoms with Gasteiger partial charge in [-0.3, -0.25) is 4.79 Å². The van der Waals surface area contributed by atoms with Gasteiger partial charge in [-0.15, -0.1) is 13.2 Å². The summed E-state index contributed by atoms with van der Waals surface area (Å²) in [5, 5.41) is 0. The molecular weight excluding hydrogens is 293 g/mol. The van der Waals surface area contributed by atoms with Crippen LogP contribution in [0.2, 0.25) is 0 Å². The van der Waals surface area contributed by atoms with Gasteiger partial charge in [0.05, 0.1) is 0 Å². The van der Waals surface area contributed by atoms with Gasteiger partial charge in [-0.2, -0.15) is 0 Å². The number of benzene rings is 2. The lowest BCUT2D eigenvalue weighted by atomic mass is 9.88. The highest BCUT2D eigenvalue weighted by atomic mass is 19.4. The molecule has 114 valence electrons. The molecule has 0 spiro atoms. The fraction of sp³-hybridized carbons (Fsp3) is 0.235. The number of ketones is 1. The molecule has 0 saturated carbocycles. The molecular formula is C17H13F3O2. The molecule has 0 bridgehead atoms. The number of hydrogen-bond donors (Lipinski definition) is 0. The molecule has 0 unspecified atom stereocenters. The van der Waals surface area contributed by atoms with Crippen LogP contribution in [0.5, 0.6) is 5.75 Å². The van der Waals surface area contributed by atoms with E-state index in [-0.39, 0.29) is 11.5 Å². The van der Waals surface area contributed by atoms with Crippen LogP contribution in [0.1, 0.15) is 28.8 Å². The molecule has 22 heavy (non-hydrogen) atoms. The van der Waals surface area contributed by atoms with Gasteiger partial charge in [-0.25, -0.2) is 0 Å². The number of hydrogen-bond acceptors (Lipinski definition) is 2. The van der Waals surface area contributed by atoms with E-state index >= 15 is 0 Å². The maximum absolute atomic E-state index is 12.3. The third kappa shape index (κ3) is 3.13. The van der Waals surface area contributed by atoms with Gasteiger partial charge < -0.3 is 4.74 Å². The second kappa shape index (κ2) is 5.48. The predicted molar refractivity (Wildman–Crippen MR) is 75.8 cm³/mol. The molecule has 2 aromatic carbocycles. The van der Waals surface area contributed by atoms with E-state index in [1.807, 2.05) is 6.07 Å². The number of Topliss-reactive ketones (excluding diaryl/α,β-unsaturated/α-hetero) is 1. The summed E-state index contributed by atoms with van der Waals surface area (Å²) in [6.07, 6.45) is -2.53. The molecule has 2 nitrogen and oxygen atoms in total. The number of ether oxygens (including phenoxy) is 1. The van der Waals surface area contributed by atoms with Crippen molar-refractivity contribution < 1.29 is 22.7 Å². The fourth-order valence-corrected chi connectivity index (χ4v) is 2.70. The maximum Gasteiger partial charge on any atom is 0.573 e. The van der Waals surface area contributed by atoms with E-state index in [4.69, 9.17) is 0 Å². The van der Waals surface area contributed by atoms with Gasteiger partial charge >= 0.3 is 6.36 Å². The third-order valence-corrected chi connectivity index (χ3v) is 3.66. The Morgan fingerprint density at radius 2 is 1.73 bits per heavy atom. The number of carbonyl (C=O) groups is 1. The van der Waals surface area contributed by atoms with Crippen LogP contribution >= 0.6 is 0 Å². The van der Waals surface area contributed by atoms with Crippen LogP contribution in [0.4, 0.5) is 13.2 Å². The van der Waals surface area contributed by atoms with Crippen molar-refractivity contribution in [2.45, 2.75) is 25.6 Å². The summed E-state index contributed by atoms with van der Waals surface area (Å²) < 4.78 is 40.8. The van der Waals surface area contributed by atoms with Crippen LogP contribution in [0.15, 0.2) is 42.5 Å². The Labute approximate surface area is 125 Å². The SMILES string of the molecule is O=C1CCCc2cc(-c3cccc(OC(F)(F)F)c3)ccc21. The standard InChI is InChI=1S/C17H13F3O2/c18-17(19,20)22-14-5-1-3-11(10-14)12-7-8-15-13(9-12)4-2-6-16(15)21/h1,3,5,7-10H,2,4,6H2. The van der Waals surface area contributed by atoms with Gasteiger partial charge in [0, 0.05) is 12.0 Å². The van der Waals surface area contributed by atoms with E-state index in [0.29, 0.717) is 12.0 Å². The summed E-state index contributed by atoms with van der Waals surface area (Å²) in [4.78, 5) is 11.8. The van der Waals surface area contributed by atoms with Gasteiger partial charge in [-0.05, 0) is 41.7 Å². The molecule has 0 N–H and O–H groups in total. The molecule has 1 aliphatic rings. The normalized spacial score (nSPS) is 14.6. The largest absolute Gasteiger partial charge is 0.573 e. The smallest absolute Gasteiger partial charge is 0.406 e. The molecule has 0 atom stereocenters. The summed E-state index contributed by atoms with van der Waals surface area (Å²) in [6.45, 7) is 0. The summed E-state index contributed by atoms with van der Waals surface area (Å²) in [6, 6.07) is 11.2. The summed E-state index contributed by atoms with van der Waals surface area (Å²) in [7, 11) is 0. The topological polar surface area (TPSA) is 26.3 Å². The first kappa shape index (κ1) is 14.6. The van der Waals surface area contributed by atoms with E-state index in [2.05, 4.69) is 4.74 Å². The predicted octanol–water partition coefficient (Wildman–Crippen LogP) is 4.77. The Balaban J connectivity index is 1.94. The molecule has 0 aliphatic heterocycles. The third-order valence-electron chi connectivity index (χ3n) is 3.66. The van der Waals surface area contributed by atoms with E-state index < -0.39 is 6.36 Å². The minimum Gasteiger partial charge on any atom is -0.406 e. The van der Waals surface area contributed by atoms with E-state index in [0.717, 1.165) is 29.5 Å². The fourth-order valence-electron chi connectivity index (χ4n) is 2.70. The van der Waals surface area contributed by atoms with Crippen LogP contribution in [-0.2, 0) is 6.42 Å². The molecule has 0 heterocycles.